The highest BCUT2D eigenvalue weighted by Gasteiger charge is 2.51. The smallest absolute Gasteiger partial charge is 0.407 e. The lowest BCUT2D eigenvalue weighted by Gasteiger charge is -2.43. The van der Waals surface area contributed by atoms with Gasteiger partial charge in [-0.05, 0) is 76.5 Å². The Labute approximate surface area is 193 Å². The molecule has 1 aliphatic carbocycles. The van der Waals surface area contributed by atoms with Gasteiger partial charge in [0.15, 0.2) is 6.29 Å². The molecule has 0 bridgehead atoms. The molecule has 3 heterocycles. The largest absolute Gasteiger partial charge is 0.598 e. The summed E-state index contributed by atoms with van der Waals surface area (Å²) in [5.41, 5.74) is 2.87. The number of carbonyl (C=O) groups is 1. The van der Waals surface area contributed by atoms with E-state index in [1.807, 2.05) is 27.0 Å². The maximum atomic E-state index is 13.1. The molecule has 4 rings (SSSR count). The zero-order valence-corrected chi connectivity index (χ0v) is 20.1. The number of piperidine rings is 1. The van der Waals surface area contributed by atoms with Crippen molar-refractivity contribution < 1.29 is 23.9 Å². The van der Waals surface area contributed by atoms with Gasteiger partial charge in [-0.25, -0.2) is 4.79 Å². The number of nitrogens with one attached hydrogen (secondary N) is 1. The van der Waals surface area contributed by atoms with Crippen LogP contribution in [-0.2, 0) is 33.9 Å². The lowest BCUT2D eigenvalue weighted by atomic mass is 9.73. The van der Waals surface area contributed by atoms with Crippen molar-refractivity contribution >= 4 is 17.5 Å². The van der Waals surface area contributed by atoms with Crippen molar-refractivity contribution in [2.75, 3.05) is 19.7 Å². The number of carboxylic acid groups (broad SMARTS) is 1. The number of amides is 1. The first kappa shape index (κ1) is 23.8. The summed E-state index contributed by atoms with van der Waals surface area (Å²) in [6, 6.07) is 1.99. The molecule has 3 atom stereocenters. The normalized spacial score (nSPS) is 26.2. The minimum atomic E-state index is -1.25. The van der Waals surface area contributed by atoms with Crippen LogP contribution in [-0.4, -0.2) is 56.4 Å². The molecule has 2 aliphatic heterocycles. The molecule has 0 radical (unpaired) electrons. The van der Waals surface area contributed by atoms with Crippen LogP contribution in [0.2, 0.25) is 0 Å². The van der Waals surface area contributed by atoms with Gasteiger partial charge in [0.2, 0.25) is 0 Å². The van der Waals surface area contributed by atoms with E-state index in [4.69, 9.17) is 14.5 Å². The Morgan fingerprint density at radius 2 is 2.16 bits per heavy atom. The van der Waals surface area contributed by atoms with Gasteiger partial charge in [0, 0.05) is 48.4 Å². The van der Waals surface area contributed by atoms with Crippen molar-refractivity contribution in [2.24, 2.45) is 5.41 Å². The van der Waals surface area contributed by atoms with Crippen LogP contribution in [0.4, 0.5) is 4.79 Å². The summed E-state index contributed by atoms with van der Waals surface area (Å²) >= 11 is -1.25. The van der Waals surface area contributed by atoms with Gasteiger partial charge in [-0.3, -0.25) is 4.98 Å². The fourth-order valence-corrected chi connectivity index (χ4v) is 5.86. The Balaban J connectivity index is 1.55. The zero-order chi connectivity index (χ0) is 22.9. The van der Waals surface area contributed by atoms with Gasteiger partial charge >= 0.3 is 6.09 Å². The van der Waals surface area contributed by atoms with Crippen molar-refractivity contribution in [3.8, 4) is 0 Å². The highest BCUT2D eigenvalue weighted by molar-refractivity contribution is 7.90. The fourth-order valence-electron chi connectivity index (χ4n) is 4.91. The molecule has 0 aromatic carbocycles. The number of rotatable bonds is 5. The number of nitrogens with zero attached hydrogens (tertiary/aromatic N) is 2. The molecule has 1 spiro atoms. The maximum absolute atomic E-state index is 13.1. The van der Waals surface area contributed by atoms with Crippen molar-refractivity contribution in [3.63, 3.8) is 0 Å². The summed E-state index contributed by atoms with van der Waals surface area (Å²) < 4.78 is 27.7. The number of hydrogen-bond donors (Lipinski definition) is 2. The molecule has 9 heteroatoms. The average Bonchev–Trinajstić information content (AvgIpc) is 3.04. The molecule has 1 aromatic heterocycles. The second-order valence-corrected chi connectivity index (χ2v) is 12.2. The van der Waals surface area contributed by atoms with E-state index < -0.39 is 22.2 Å². The van der Waals surface area contributed by atoms with E-state index in [-0.39, 0.29) is 17.7 Å². The van der Waals surface area contributed by atoms with Crippen molar-refractivity contribution in [3.05, 3.63) is 29.1 Å². The molecule has 2 N–H and O–H groups in total. The molecule has 8 nitrogen and oxygen atoms in total. The van der Waals surface area contributed by atoms with Crippen molar-refractivity contribution in [1.29, 1.82) is 0 Å². The molecular weight excluding hydrogens is 430 g/mol. The first-order valence-electron chi connectivity index (χ1n) is 11.5. The third-order valence-electron chi connectivity index (χ3n) is 6.89. The Morgan fingerprint density at radius 1 is 1.41 bits per heavy atom. The standard InChI is InChI=1S/C23H35N3O5S/c1-22(2,3)32(29)25-20-17-12-16(15-31-19-6-4-5-11-30-19)14-24-18(17)13-23(20)7-9-26(10-8-23)21(27)28/h12,14,19-20,25H,4-11,13,15H2,1-3H3,(H,27,28)/t19?,20-,32-/m1/s1. The second kappa shape index (κ2) is 9.46. The third kappa shape index (κ3) is 5.07. The van der Waals surface area contributed by atoms with Crippen LogP contribution in [0, 0.1) is 5.41 Å². The van der Waals surface area contributed by atoms with Crippen LogP contribution in [0.1, 0.15) is 75.7 Å². The van der Waals surface area contributed by atoms with Crippen LogP contribution < -0.4 is 4.72 Å². The van der Waals surface area contributed by atoms with E-state index in [2.05, 4.69) is 10.8 Å². The summed E-state index contributed by atoms with van der Waals surface area (Å²) in [7, 11) is 0. The Kier molecular flexibility index (Phi) is 7.03. The van der Waals surface area contributed by atoms with Crippen LogP contribution in [0.25, 0.3) is 0 Å². The van der Waals surface area contributed by atoms with E-state index >= 15 is 0 Å². The highest BCUT2D eigenvalue weighted by atomic mass is 32.2. The first-order valence-corrected chi connectivity index (χ1v) is 12.7. The molecule has 2 saturated heterocycles. The summed E-state index contributed by atoms with van der Waals surface area (Å²) in [4.78, 5) is 17.7. The van der Waals surface area contributed by atoms with Gasteiger partial charge in [-0.15, -0.1) is 4.72 Å². The van der Waals surface area contributed by atoms with Gasteiger partial charge in [-0.1, -0.05) is 0 Å². The lowest BCUT2D eigenvalue weighted by Crippen LogP contribution is -2.50. The molecule has 3 aliphatic rings. The van der Waals surface area contributed by atoms with Gasteiger partial charge in [0.05, 0.1) is 12.6 Å². The predicted molar refractivity (Wildman–Crippen MR) is 121 cm³/mol. The highest BCUT2D eigenvalue weighted by Crippen LogP contribution is 2.52. The molecule has 0 saturated carbocycles. The lowest BCUT2D eigenvalue weighted by molar-refractivity contribution is -0.168. The Hall–Kier alpha value is -1.39. The molecule has 2 fully saturated rings. The quantitative estimate of drug-likeness (QED) is 0.641. The molecule has 32 heavy (non-hydrogen) atoms. The number of hydrogen-bond acceptors (Lipinski definition) is 6. The van der Waals surface area contributed by atoms with E-state index in [1.165, 1.54) is 4.90 Å². The van der Waals surface area contributed by atoms with Gasteiger partial charge in [0.25, 0.3) is 0 Å². The average molecular weight is 466 g/mol. The van der Waals surface area contributed by atoms with Gasteiger partial charge < -0.3 is 24.0 Å². The van der Waals surface area contributed by atoms with Crippen molar-refractivity contribution in [2.45, 2.75) is 83.0 Å². The number of aromatic nitrogens is 1. The first-order chi connectivity index (χ1) is 15.2. The summed E-state index contributed by atoms with van der Waals surface area (Å²) in [6.07, 6.45) is 6.15. The Bertz CT molecular complexity index is 816. The minimum absolute atomic E-state index is 0.133. The van der Waals surface area contributed by atoms with Crippen molar-refractivity contribution in [1.82, 2.24) is 14.6 Å². The summed E-state index contributed by atoms with van der Waals surface area (Å²) in [5.74, 6) is 0. The van der Waals surface area contributed by atoms with E-state index in [0.717, 1.165) is 62.0 Å². The second-order valence-electron chi connectivity index (χ2n) is 10.2. The molecule has 178 valence electrons. The van der Waals surface area contributed by atoms with Crippen LogP contribution in [0.3, 0.4) is 0 Å². The fraction of sp³-hybridized carbons (Fsp3) is 0.739. The summed E-state index contributed by atoms with van der Waals surface area (Å²) in [5, 5.41) is 9.39. The number of likely N-dealkylation sites (tertiary alicyclic amines) is 1. The monoisotopic (exact) mass is 465 g/mol. The van der Waals surface area contributed by atoms with E-state index in [9.17, 15) is 14.5 Å². The van der Waals surface area contributed by atoms with E-state index in [1.54, 1.807) is 0 Å². The molecule has 1 amide bonds. The summed E-state index contributed by atoms with van der Waals surface area (Å²) in [6.45, 7) is 8.01. The third-order valence-corrected chi connectivity index (χ3v) is 8.45. The number of fused-ring (bicyclic) bond motifs is 1. The number of ether oxygens (including phenoxy) is 2. The SMILES string of the molecule is CC(C)(C)[S@@+]([O-])N[C@@H]1c2cc(COC3CCCCO3)cnc2CC12CCN(C(=O)O)CC2. The van der Waals surface area contributed by atoms with Crippen LogP contribution in [0.5, 0.6) is 0 Å². The maximum Gasteiger partial charge on any atom is 0.407 e. The Morgan fingerprint density at radius 3 is 2.78 bits per heavy atom. The van der Waals surface area contributed by atoms with Crippen LogP contribution >= 0.6 is 0 Å². The topological polar surface area (TPSA) is 107 Å². The van der Waals surface area contributed by atoms with Crippen LogP contribution in [0.15, 0.2) is 12.3 Å². The molecule has 1 aromatic rings. The number of pyridine rings is 1. The molecular formula is C23H35N3O5S. The van der Waals surface area contributed by atoms with E-state index in [0.29, 0.717) is 19.7 Å². The zero-order valence-electron chi connectivity index (χ0n) is 19.3. The minimum Gasteiger partial charge on any atom is -0.598 e. The van der Waals surface area contributed by atoms with Gasteiger partial charge in [-0.2, -0.15) is 0 Å². The molecule has 1 unspecified atom stereocenters. The van der Waals surface area contributed by atoms with Gasteiger partial charge in [0.1, 0.15) is 4.75 Å². The predicted octanol–water partition coefficient (Wildman–Crippen LogP) is 3.53.